The van der Waals surface area contributed by atoms with E-state index in [1.54, 1.807) is 18.2 Å². The Morgan fingerprint density at radius 2 is 1.77 bits per heavy atom. The zero-order chi connectivity index (χ0) is 21.8. The maximum absolute atomic E-state index is 14.7. The molecule has 2 aromatic rings. The van der Waals surface area contributed by atoms with Crippen LogP contribution in [0.1, 0.15) is 29.8 Å². The summed E-state index contributed by atoms with van der Waals surface area (Å²) in [5.41, 5.74) is 1.62. The van der Waals surface area contributed by atoms with Crippen LogP contribution in [-0.4, -0.2) is 45.4 Å². The largest absolute Gasteiger partial charge is 0.495 e. The fraction of sp³-hybridized carbons (Fsp3) is 0.409. The summed E-state index contributed by atoms with van der Waals surface area (Å²) in [6.45, 7) is 5.45. The van der Waals surface area contributed by atoms with E-state index in [1.165, 1.54) is 20.3 Å². The summed E-state index contributed by atoms with van der Waals surface area (Å²) in [5.74, 6) is 0.363. The van der Waals surface area contributed by atoms with Gasteiger partial charge in [-0.3, -0.25) is 4.79 Å². The van der Waals surface area contributed by atoms with E-state index in [2.05, 4.69) is 21.2 Å². The highest BCUT2D eigenvalue weighted by molar-refractivity contribution is 9.10. The first-order chi connectivity index (χ1) is 14.3. The van der Waals surface area contributed by atoms with Gasteiger partial charge >= 0.3 is 0 Å². The van der Waals surface area contributed by atoms with Crippen molar-refractivity contribution < 1.29 is 23.4 Å². The molecular formula is C22H26BrFN2O4. The zero-order valence-corrected chi connectivity index (χ0v) is 19.1. The van der Waals surface area contributed by atoms with Gasteiger partial charge in [0.1, 0.15) is 21.8 Å². The second kappa shape index (κ2) is 9.66. The summed E-state index contributed by atoms with van der Waals surface area (Å²) >= 11 is 3.38. The van der Waals surface area contributed by atoms with Gasteiger partial charge in [0.25, 0.3) is 5.91 Å². The van der Waals surface area contributed by atoms with Gasteiger partial charge in [-0.05, 0) is 59.6 Å². The van der Waals surface area contributed by atoms with Gasteiger partial charge in [-0.1, -0.05) is 6.07 Å². The number of rotatable bonds is 6. The van der Waals surface area contributed by atoms with E-state index < -0.39 is 0 Å². The molecule has 2 unspecified atom stereocenters. The number of carbonyl (C=O) groups excluding carboxylic acids is 1. The quantitative estimate of drug-likeness (QED) is 0.672. The van der Waals surface area contributed by atoms with Gasteiger partial charge in [0.15, 0.2) is 0 Å². The number of ether oxygens (including phenoxy) is 3. The molecule has 1 N–H and O–H groups in total. The van der Waals surface area contributed by atoms with Crippen LogP contribution in [-0.2, 0) is 11.3 Å². The summed E-state index contributed by atoms with van der Waals surface area (Å²) in [7, 11) is 3.03. The number of anilines is 1. The number of nitrogens with one attached hydrogen (secondary N) is 1. The summed E-state index contributed by atoms with van der Waals surface area (Å²) in [6, 6.07) is 8.28. The lowest BCUT2D eigenvalue weighted by Gasteiger charge is -2.37. The van der Waals surface area contributed by atoms with Crippen molar-refractivity contribution in [2.24, 2.45) is 0 Å². The molecule has 0 aliphatic carbocycles. The molecule has 6 nitrogen and oxygen atoms in total. The standard InChI is InChI=1S/C22H26BrFN2O4/c1-13-11-26(12-14(2)30-13)18-6-5-15(7-17(18)24)10-25-22(27)16-8-19(28-3)21(23)20(9-16)29-4/h5-9,13-14H,10-12H2,1-4H3,(H,25,27). The first-order valence-electron chi connectivity index (χ1n) is 9.71. The highest BCUT2D eigenvalue weighted by Gasteiger charge is 2.24. The van der Waals surface area contributed by atoms with Gasteiger partial charge in [0.05, 0.1) is 32.1 Å². The summed E-state index contributed by atoms with van der Waals surface area (Å²) in [4.78, 5) is 14.6. The predicted molar refractivity (Wildman–Crippen MR) is 117 cm³/mol. The Balaban J connectivity index is 1.69. The van der Waals surface area contributed by atoms with Gasteiger partial charge in [0.2, 0.25) is 0 Å². The van der Waals surface area contributed by atoms with Crippen molar-refractivity contribution in [2.45, 2.75) is 32.6 Å². The first-order valence-corrected chi connectivity index (χ1v) is 10.5. The molecule has 0 radical (unpaired) electrons. The van der Waals surface area contributed by atoms with Crippen LogP contribution in [0.25, 0.3) is 0 Å². The number of nitrogens with zero attached hydrogens (tertiary/aromatic N) is 1. The van der Waals surface area contributed by atoms with Crippen molar-refractivity contribution in [1.82, 2.24) is 5.32 Å². The molecule has 1 amide bonds. The Bertz CT molecular complexity index is 889. The second-order valence-corrected chi connectivity index (χ2v) is 8.12. The number of hydrogen-bond donors (Lipinski definition) is 1. The maximum atomic E-state index is 14.7. The molecule has 1 saturated heterocycles. The lowest BCUT2D eigenvalue weighted by Crippen LogP contribution is -2.45. The third-order valence-corrected chi connectivity index (χ3v) is 5.71. The van der Waals surface area contributed by atoms with Crippen LogP contribution in [0.2, 0.25) is 0 Å². The van der Waals surface area contributed by atoms with Crippen LogP contribution >= 0.6 is 15.9 Å². The van der Waals surface area contributed by atoms with Gasteiger partial charge < -0.3 is 24.4 Å². The van der Waals surface area contributed by atoms with Crippen LogP contribution in [0.15, 0.2) is 34.8 Å². The molecule has 162 valence electrons. The average Bonchev–Trinajstić information content (AvgIpc) is 2.71. The second-order valence-electron chi connectivity index (χ2n) is 7.33. The number of morpholine rings is 1. The SMILES string of the molecule is COc1cc(C(=O)NCc2ccc(N3CC(C)OC(C)C3)c(F)c2)cc(OC)c1Br. The number of halogens is 2. The minimum absolute atomic E-state index is 0.0482. The Labute approximate surface area is 184 Å². The number of amides is 1. The van der Waals surface area contributed by atoms with Crippen LogP contribution in [0, 0.1) is 5.82 Å². The van der Waals surface area contributed by atoms with E-state index in [0.29, 0.717) is 45.9 Å². The van der Waals surface area contributed by atoms with Gasteiger partial charge in [0, 0.05) is 25.2 Å². The lowest BCUT2D eigenvalue weighted by molar-refractivity contribution is -0.00539. The van der Waals surface area contributed by atoms with E-state index in [4.69, 9.17) is 14.2 Å². The summed E-state index contributed by atoms with van der Waals surface area (Å²) in [6.07, 6.45) is 0.0963. The fourth-order valence-corrected chi connectivity index (χ4v) is 4.13. The molecule has 30 heavy (non-hydrogen) atoms. The maximum Gasteiger partial charge on any atom is 0.251 e. The number of hydrogen-bond acceptors (Lipinski definition) is 5. The van der Waals surface area contributed by atoms with Gasteiger partial charge in [-0.2, -0.15) is 0 Å². The topological polar surface area (TPSA) is 60.0 Å². The molecule has 0 saturated carbocycles. The minimum atomic E-state index is -0.310. The van der Waals surface area contributed by atoms with E-state index in [9.17, 15) is 9.18 Å². The third kappa shape index (κ3) is 5.05. The number of carbonyl (C=O) groups is 1. The predicted octanol–water partition coefficient (Wildman–Crippen LogP) is 4.15. The van der Waals surface area contributed by atoms with Crippen molar-refractivity contribution >= 4 is 27.5 Å². The molecule has 0 bridgehead atoms. The highest BCUT2D eigenvalue weighted by Crippen LogP contribution is 2.35. The summed E-state index contributed by atoms with van der Waals surface area (Å²) in [5, 5.41) is 2.81. The van der Waals surface area contributed by atoms with Crippen LogP contribution < -0.4 is 19.7 Å². The molecule has 1 aliphatic rings. The first kappa shape index (κ1) is 22.4. The van der Waals surface area contributed by atoms with Crippen LogP contribution in [0.3, 0.4) is 0 Å². The summed E-state index contributed by atoms with van der Waals surface area (Å²) < 4.78 is 31.6. The van der Waals surface area contributed by atoms with E-state index in [0.717, 1.165) is 0 Å². The van der Waals surface area contributed by atoms with Crippen molar-refractivity contribution in [3.8, 4) is 11.5 Å². The minimum Gasteiger partial charge on any atom is -0.495 e. The average molecular weight is 481 g/mol. The normalized spacial score (nSPS) is 18.8. The van der Waals surface area contributed by atoms with E-state index in [1.807, 2.05) is 24.8 Å². The highest BCUT2D eigenvalue weighted by atomic mass is 79.9. The molecule has 0 aromatic heterocycles. The van der Waals surface area contributed by atoms with Crippen molar-refractivity contribution in [1.29, 1.82) is 0 Å². The molecule has 1 aliphatic heterocycles. The lowest BCUT2D eigenvalue weighted by atomic mass is 10.1. The molecule has 1 heterocycles. The Kier molecular flexibility index (Phi) is 7.20. The Morgan fingerprint density at radius 3 is 2.30 bits per heavy atom. The van der Waals surface area contributed by atoms with E-state index in [-0.39, 0.29) is 30.5 Å². The molecule has 3 rings (SSSR count). The number of benzene rings is 2. The Morgan fingerprint density at radius 1 is 1.17 bits per heavy atom. The monoisotopic (exact) mass is 480 g/mol. The molecular weight excluding hydrogens is 455 g/mol. The molecule has 0 spiro atoms. The van der Waals surface area contributed by atoms with Crippen LogP contribution in [0.5, 0.6) is 11.5 Å². The van der Waals surface area contributed by atoms with Crippen molar-refractivity contribution in [3.05, 3.63) is 51.7 Å². The zero-order valence-electron chi connectivity index (χ0n) is 17.5. The van der Waals surface area contributed by atoms with E-state index >= 15 is 0 Å². The Hall–Kier alpha value is -2.32. The molecule has 8 heteroatoms. The fourth-order valence-electron chi connectivity index (χ4n) is 3.58. The molecule has 2 atom stereocenters. The van der Waals surface area contributed by atoms with Gasteiger partial charge in [-0.15, -0.1) is 0 Å². The molecule has 1 fully saturated rings. The van der Waals surface area contributed by atoms with Crippen molar-refractivity contribution in [2.75, 3.05) is 32.2 Å². The molecule has 2 aromatic carbocycles. The smallest absolute Gasteiger partial charge is 0.251 e. The van der Waals surface area contributed by atoms with Gasteiger partial charge in [-0.25, -0.2) is 4.39 Å². The third-order valence-electron chi connectivity index (χ3n) is 4.93. The van der Waals surface area contributed by atoms with Crippen LogP contribution in [0.4, 0.5) is 10.1 Å². The van der Waals surface area contributed by atoms with Crippen molar-refractivity contribution in [3.63, 3.8) is 0 Å². The number of methoxy groups -OCH3 is 2.